The zero-order chi connectivity index (χ0) is 16.5. The fourth-order valence-corrected chi connectivity index (χ4v) is 5.24. The van der Waals surface area contributed by atoms with E-state index in [-0.39, 0.29) is 5.91 Å². The molecule has 3 aromatic heterocycles. The summed E-state index contributed by atoms with van der Waals surface area (Å²) in [5.74, 6) is 0.103. The van der Waals surface area contributed by atoms with Gasteiger partial charge in [-0.2, -0.15) is 0 Å². The van der Waals surface area contributed by atoms with Crippen LogP contribution in [0.1, 0.15) is 15.4 Å². The van der Waals surface area contributed by atoms with Crippen LogP contribution in [-0.2, 0) is 0 Å². The third-order valence-electron chi connectivity index (χ3n) is 3.98. The Hall–Kier alpha value is -1.77. The molecule has 0 radical (unpaired) electrons. The molecule has 8 heteroatoms. The lowest BCUT2D eigenvalue weighted by Crippen LogP contribution is -2.48. The fraction of sp³-hybridized carbons (Fsp3) is 0.312. The maximum atomic E-state index is 12.9. The van der Waals surface area contributed by atoms with E-state index in [9.17, 15) is 4.79 Å². The van der Waals surface area contributed by atoms with Crippen LogP contribution in [0.15, 0.2) is 29.1 Å². The van der Waals surface area contributed by atoms with Crippen LogP contribution in [0, 0.1) is 6.92 Å². The number of anilines is 1. The van der Waals surface area contributed by atoms with Gasteiger partial charge in [0, 0.05) is 37.8 Å². The lowest BCUT2D eigenvalue weighted by Gasteiger charge is -2.34. The number of hydrogen-bond acceptors (Lipinski definition) is 7. The number of carbonyl (C=O) groups excluding carboxylic acids is 1. The van der Waals surface area contributed by atoms with Crippen molar-refractivity contribution in [3.05, 3.63) is 39.7 Å². The Morgan fingerprint density at radius 2 is 2.00 bits per heavy atom. The zero-order valence-electron chi connectivity index (χ0n) is 13.1. The molecule has 0 aromatic carbocycles. The molecule has 1 fully saturated rings. The van der Waals surface area contributed by atoms with Crippen molar-refractivity contribution in [2.75, 3.05) is 31.1 Å². The maximum Gasteiger partial charge on any atom is 0.265 e. The highest BCUT2D eigenvalue weighted by atomic mass is 32.1. The molecule has 3 aromatic rings. The van der Waals surface area contributed by atoms with E-state index in [4.69, 9.17) is 0 Å². The molecule has 4 rings (SSSR count). The average molecular weight is 377 g/mol. The van der Waals surface area contributed by atoms with Crippen molar-refractivity contribution < 1.29 is 4.79 Å². The second-order valence-corrected chi connectivity index (χ2v) is 8.32. The van der Waals surface area contributed by atoms with E-state index < -0.39 is 0 Å². The zero-order valence-corrected chi connectivity index (χ0v) is 15.6. The Labute approximate surface area is 152 Å². The SMILES string of the molecule is Cc1nc(-c2cccs2)sc1C(=O)N1CCN(c2nccs2)CC1. The number of aromatic nitrogens is 2. The molecule has 1 saturated heterocycles. The summed E-state index contributed by atoms with van der Waals surface area (Å²) in [6.07, 6.45) is 1.82. The van der Waals surface area contributed by atoms with Gasteiger partial charge in [-0.25, -0.2) is 9.97 Å². The molecule has 0 spiro atoms. The molecule has 0 unspecified atom stereocenters. The molecule has 0 bridgehead atoms. The van der Waals surface area contributed by atoms with Gasteiger partial charge in [0.05, 0.1) is 10.6 Å². The van der Waals surface area contributed by atoms with Crippen molar-refractivity contribution in [2.45, 2.75) is 6.92 Å². The van der Waals surface area contributed by atoms with Crippen molar-refractivity contribution in [3.63, 3.8) is 0 Å². The van der Waals surface area contributed by atoms with Gasteiger partial charge in [-0.05, 0) is 18.4 Å². The Bertz CT molecular complexity index is 818. The minimum absolute atomic E-state index is 0.103. The first kappa shape index (κ1) is 15.7. The van der Waals surface area contributed by atoms with Gasteiger partial charge in [0.1, 0.15) is 9.88 Å². The molecule has 0 N–H and O–H groups in total. The molecule has 0 saturated carbocycles. The minimum Gasteiger partial charge on any atom is -0.345 e. The van der Waals surface area contributed by atoms with Gasteiger partial charge >= 0.3 is 0 Å². The molecule has 1 amide bonds. The number of amides is 1. The number of nitrogens with zero attached hydrogens (tertiary/aromatic N) is 4. The molecular weight excluding hydrogens is 360 g/mol. The average Bonchev–Trinajstić information content (AvgIpc) is 3.35. The van der Waals surface area contributed by atoms with Crippen molar-refractivity contribution in [2.24, 2.45) is 0 Å². The standard InChI is InChI=1S/C16H16N4OS3/c1-11-13(24-14(18-11)12-3-2-9-22-12)15(21)19-5-7-20(8-6-19)16-17-4-10-23-16/h2-4,9-10H,5-8H2,1H3. The van der Waals surface area contributed by atoms with E-state index in [0.717, 1.165) is 51.8 Å². The summed E-state index contributed by atoms with van der Waals surface area (Å²) in [4.78, 5) is 27.9. The first-order valence-electron chi connectivity index (χ1n) is 7.67. The Morgan fingerprint density at radius 1 is 1.17 bits per heavy atom. The van der Waals surface area contributed by atoms with Gasteiger partial charge in [-0.15, -0.1) is 34.0 Å². The number of aryl methyl sites for hydroxylation is 1. The molecule has 0 aliphatic carbocycles. The van der Waals surface area contributed by atoms with Crippen LogP contribution < -0.4 is 4.90 Å². The van der Waals surface area contributed by atoms with Crippen LogP contribution in [0.25, 0.3) is 9.88 Å². The smallest absolute Gasteiger partial charge is 0.265 e. The third kappa shape index (κ3) is 2.97. The van der Waals surface area contributed by atoms with Gasteiger partial charge < -0.3 is 9.80 Å². The lowest BCUT2D eigenvalue weighted by atomic mass is 10.3. The van der Waals surface area contributed by atoms with Crippen molar-refractivity contribution in [1.82, 2.24) is 14.9 Å². The summed E-state index contributed by atoms with van der Waals surface area (Å²) in [5, 5.41) is 5.99. The van der Waals surface area contributed by atoms with E-state index in [1.165, 1.54) is 11.3 Å². The lowest BCUT2D eigenvalue weighted by molar-refractivity contribution is 0.0750. The van der Waals surface area contributed by atoms with Gasteiger partial charge in [0.25, 0.3) is 5.91 Å². The second-order valence-electron chi connectivity index (χ2n) is 5.50. The second kappa shape index (κ2) is 6.62. The van der Waals surface area contributed by atoms with Crippen LogP contribution in [0.2, 0.25) is 0 Å². The molecule has 24 heavy (non-hydrogen) atoms. The highest BCUT2D eigenvalue weighted by Crippen LogP contribution is 2.32. The Morgan fingerprint density at radius 3 is 2.67 bits per heavy atom. The monoisotopic (exact) mass is 376 g/mol. The fourth-order valence-electron chi connectivity index (χ4n) is 2.72. The predicted molar refractivity (Wildman–Crippen MR) is 100 cm³/mol. The number of carbonyl (C=O) groups is 1. The van der Waals surface area contributed by atoms with E-state index in [1.807, 2.05) is 40.9 Å². The largest absolute Gasteiger partial charge is 0.345 e. The highest BCUT2D eigenvalue weighted by Gasteiger charge is 2.26. The van der Waals surface area contributed by atoms with E-state index >= 15 is 0 Å². The molecule has 4 heterocycles. The number of thiazole rings is 2. The molecule has 124 valence electrons. The highest BCUT2D eigenvalue weighted by molar-refractivity contribution is 7.22. The van der Waals surface area contributed by atoms with Crippen molar-refractivity contribution >= 4 is 45.0 Å². The normalized spacial score (nSPS) is 15.0. The van der Waals surface area contributed by atoms with Crippen molar-refractivity contribution in [1.29, 1.82) is 0 Å². The first-order valence-corrected chi connectivity index (χ1v) is 10.2. The van der Waals surface area contributed by atoms with Gasteiger partial charge in [-0.1, -0.05) is 6.07 Å². The summed E-state index contributed by atoms with van der Waals surface area (Å²) >= 11 is 4.80. The molecular formula is C16H16N4OS3. The molecule has 5 nitrogen and oxygen atoms in total. The molecule has 1 aliphatic rings. The minimum atomic E-state index is 0.103. The third-order valence-corrected chi connectivity index (χ3v) is 7.00. The van der Waals surface area contributed by atoms with Gasteiger partial charge in [-0.3, -0.25) is 4.79 Å². The topological polar surface area (TPSA) is 49.3 Å². The van der Waals surface area contributed by atoms with E-state index in [0.29, 0.717) is 0 Å². The summed E-state index contributed by atoms with van der Waals surface area (Å²) in [6, 6.07) is 4.06. The Kier molecular flexibility index (Phi) is 4.34. The summed E-state index contributed by atoms with van der Waals surface area (Å²) < 4.78 is 0. The number of hydrogen-bond donors (Lipinski definition) is 0. The van der Waals surface area contributed by atoms with Crippen LogP contribution in [-0.4, -0.2) is 47.0 Å². The first-order chi connectivity index (χ1) is 11.7. The van der Waals surface area contributed by atoms with Crippen LogP contribution in [0.4, 0.5) is 5.13 Å². The van der Waals surface area contributed by atoms with Gasteiger partial charge in [0.2, 0.25) is 0 Å². The van der Waals surface area contributed by atoms with Crippen LogP contribution >= 0.6 is 34.0 Å². The maximum absolute atomic E-state index is 12.9. The van der Waals surface area contributed by atoms with Crippen molar-refractivity contribution in [3.8, 4) is 9.88 Å². The number of piperazine rings is 1. The van der Waals surface area contributed by atoms with Crippen LogP contribution in [0.3, 0.4) is 0 Å². The predicted octanol–water partition coefficient (Wildman–Crippen LogP) is 3.60. The Balaban J connectivity index is 1.47. The number of thiophene rings is 1. The molecule has 1 aliphatic heterocycles. The summed E-state index contributed by atoms with van der Waals surface area (Å²) in [5.41, 5.74) is 0.829. The quantitative estimate of drug-likeness (QED) is 0.701. The van der Waals surface area contributed by atoms with E-state index in [2.05, 4.69) is 14.9 Å². The molecule has 0 atom stereocenters. The summed E-state index contributed by atoms with van der Waals surface area (Å²) in [6.45, 7) is 5.03. The van der Waals surface area contributed by atoms with Crippen LogP contribution in [0.5, 0.6) is 0 Å². The van der Waals surface area contributed by atoms with E-state index in [1.54, 1.807) is 22.7 Å². The number of rotatable bonds is 3. The van der Waals surface area contributed by atoms with Gasteiger partial charge in [0.15, 0.2) is 5.13 Å². The summed E-state index contributed by atoms with van der Waals surface area (Å²) in [7, 11) is 0.